The minimum Gasteiger partial charge on any atom is -0.462 e. The molecular formula is C20H26N2O6. The highest BCUT2D eigenvalue weighted by atomic mass is 16.7. The van der Waals surface area contributed by atoms with Gasteiger partial charge in [0, 0.05) is 32.9 Å². The molecule has 28 heavy (non-hydrogen) atoms. The molecule has 0 unspecified atom stereocenters. The molecule has 0 atom stereocenters. The van der Waals surface area contributed by atoms with Crippen LogP contribution in [0.25, 0.3) is 0 Å². The molecule has 0 aromatic heterocycles. The summed E-state index contributed by atoms with van der Waals surface area (Å²) in [6.07, 6.45) is 1.22. The van der Waals surface area contributed by atoms with Crippen LogP contribution in [0.15, 0.2) is 24.3 Å². The zero-order chi connectivity index (χ0) is 20.1. The third kappa shape index (κ3) is 4.34. The number of esters is 1. The van der Waals surface area contributed by atoms with Gasteiger partial charge >= 0.3 is 5.97 Å². The van der Waals surface area contributed by atoms with Crippen molar-refractivity contribution < 1.29 is 28.6 Å². The lowest BCUT2D eigenvalue weighted by molar-refractivity contribution is -0.187. The molecule has 2 aliphatic rings. The topological polar surface area (TPSA) is 85.4 Å². The molecule has 2 aliphatic heterocycles. The van der Waals surface area contributed by atoms with Gasteiger partial charge in [-0.15, -0.1) is 0 Å². The smallest absolute Gasteiger partial charge is 0.340 e. The van der Waals surface area contributed by atoms with Crippen molar-refractivity contribution in [3.05, 3.63) is 29.8 Å². The van der Waals surface area contributed by atoms with E-state index < -0.39 is 11.8 Å². The van der Waals surface area contributed by atoms with Gasteiger partial charge in [0.2, 0.25) is 11.8 Å². The van der Waals surface area contributed by atoms with Gasteiger partial charge in [0.15, 0.2) is 5.79 Å². The molecule has 3 rings (SSSR count). The predicted molar refractivity (Wildman–Crippen MR) is 101 cm³/mol. The molecule has 2 amide bonds. The van der Waals surface area contributed by atoms with Crippen LogP contribution in [0, 0.1) is 0 Å². The highest BCUT2D eigenvalue weighted by Gasteiger charge is 2.41. The Morgan fingerprint density at radius 2 is 1.79 bits per heavy atom. The number of para-hydroxylation sites is 1. The fraction of sp³-hybridized carbons (Fsp3) is 0.550. The summed E-state index contributed by atoms with van der Waals surface area (Å²) in [7, 11) is 0. The van der Waals surface area contributed by atoms with Gasteiger partial charge in [0.25, 0.3) is 0 Å². The van der Waals surface area contributed by atoms with Crippen LogP contribution in [-0.4, -0.2) is 67.9 Å². The Hall–Kier alpha value is -2.45. The first kappa shape index (κ1) is 20.3. The Balaban J connectivity index is 1.71. The Kier molecular flexibility index (Phi) is 6.31. The maximum absolute atomic E-state index is 12.8. The van der Waals surface area contributed by atoms with E-state index in [1.165, 1.54) is 11.8 Å². The number of rotatable bonds is 5. The summed E-state index contributed by atoms with van der Waals surface area (Å²) in [5.74, 6) is -1.58. The molecule has 8 nitrogen and oxygen atoms in total. The Morgan fingerprint density at radius 1 is 1.14 bits per heavy atom. The van der Waals surface area contributed by atoms with E-state index in [9.17, 15) is 14.4 Å². The number of benzene rings is 1. The highest BCUT2D eigenvalue weighted by Crippen LogP contribution is 2.31. The van der Waals surface area contributed by atoms with Crippen LogP contribution in [0.4, 0.5) is 5.69 Å². The average Bonchev–Trinajstić information content (AvgIpc) is 3.14. The van der Waals surface area contributed by atoms with Gasteiger partial charge in [0.05, 0.1) is 31.1 Å². The van der Waals surface area contributed by atoms with E-state index in [4.69, 9.17) is 14.2 Å². The number of ether oxygens (including phenoxy) is 3. The average molecular weight is 390 g/mol. The van der Waals surface area contributed by atoms with Crippen LogP contribution >= 0.6 is 0 Å². The van der Waals surface area contributed by atoms with Crippen molar-refractivity contribution in [3.63, 3.8) is 0 Å². The summed E-state index contributed by atoms with van der Waals surface area (Å²) in [4.78, 5) is 40.4. The summed E-state index contributed by atoms with van der Waals surface area (Å²) in [5, 5.41) is 0. The molecule has 0 bridgehead atoms. The van der Waals surface area contributed by atoms with Crippen molar-refractivity contribution in [2.75, 3.05) is 44.4 Å². The van der Waals surface area contributed by atoms with Gasteiger partial charge in [-0.05, 0) is 19.1 Å². The molecule has 2 saturated heterocycles. The molecule has 0 saturated carbocycles. The number of carbonyl (C=O) groups is 3. The summed E-state index contributed by atoms with van der Waals surface area (Å²) < 4.78 is 16.4. The number of piperidine rings is 1. The molecule has 8 heteroatoms. The van der Waals surface area contributed by atoms with Gasteiger partial charge in [0.1, 0.15) is 6.54 Å². The van der Waals surface area contributed by atoms with Crippen LogP contribution in [0.3, 0.4) is 0 Å². The fourth-order valence-electron chi connectivity index (χ4n) is 3.57. The fourth-order valence-corrected chi connectivity index (χ4v) is 3.57. The van der Waals surface area contributed by atoms with Crippen molar-refractivity contribution in [1.82, 2.24) is 4.90 Å². The number of nitrogens with zero attached hydrogens (tertiary/aromatic N) is 2. The van der Waals surface area contributed by atoms with Crippen LogP contribution in [0.2, 0.25) is 0 Å². The standard InChI is InChI=1S/C20H26N2O6/c1-3-26-19(25)16-6-4-5-7-17(16)22(15(2)23)14-18(24)21-10-8-20(9-11-21)27-12-13-28-20/h4-7H,3,8-14H2,1-2H3. The summed E-state index contributed by atoms with van der Waals surface area (Å²) in [6, 6.07) is 6.65. The van der Waals surface area contributed by atoms with Gasteiger partial charge in [-0.3, -0.25) is 9.59 Å². The number of hydrogen-bond donors (Lipinski definition) is 0. The number of hydrogen-bond acceptors (Lipinski definition) is 6. The first-order valence-corrected chi connectivity index (χ1v) is 9.56. The molecule has 2 fully saturated rings. The van der Waals surface area contributed by atoms with Gasteiger partial charge in [-0.1, -0.05) is 12.1 Å². The molecule has 0 aliphatic carbocycles. The van der Waals surface area contributed by atoms with E-state index in [2.05, 4.69) is 0 Å². The lowest BCUT2D eigenvalue weighted by Gasteiger charge is -2.38. The Labute approximate surface area is 164 Å². The van der Waals surface area contributed by atoms with Crippen LogP contribution < -0.4 is 4.90 Å². The minimum atomic E-state index is -0.562. The van der Waals surface area contributed by atoms with Crippen molar-refractivity contribution in [1.29, 1.82) is 0 Å². The largest absolute Gasteiger partial charge is 0.462 e. The normalized spacial score (nSPS) is 18.1. The summed E-state index contributed by atoms with van der Waals surface area (Å²) in [5.41, 5.74) is 0.635. The van der Waals surface area contributed by atoms with Crippen LogP contribution in [0.1, 0.15) is 37.0 Å². The maximum Gasteiger partial charge on any atom is 0.340 e. The molecule has 1 aromatic carbocycles. The number of likely N-dealkylation sites (tertiary alicyclic amines) is 1. The maximum atomic E-state index is 12.8. The number of carbonyl (C=O) groups excluding carboxylic acids is 3. The summed E-state index contributed by atoms with van der Waals surface area (Å²) >= 11 is 0. The third-order valence-electron chi connectivity index (χ3n) is 5.06. The molecule has 0 N–H and O–H groups in total. The van der Waals surface area contributed by atoms with Crippen molar-refractivity contribution >= 4 is 23.5 Å². The second-order valence-electron chi connectivity index (χ2n) is 6.83. The zero-order valence-corrected chi connectivity index (χ0v) is 16.3. The molecule has 1 aromatic rings. The van der Waals surface area contributed by atoms with Gasteiger partial charge in [-0.25, -0.2) is 4.79 Å². The Bertz CT molecular complexity index is 734. The van der Waals surface area contributed by atoms with E-state index in [1.54, 1.807) is 36.1 Å². The van der Waals surface area contributed by atoms with E-state index >= 15 is 0 Å². The quantitative estimate of drug-likeness (QED) is 0.710. The minimum absolute atomic E-state index is 0.138. The second-order valence-corrected chi connectivity index (χ2v) is 6.83. The van der Waals surface area contributed by atoms with Gasteiger partial charge < -0.3 is 24.0 Å². The van der Waals surface area contributed by atoms with Gasteiger partial charge in [-0.2, -0.15) is 0 Å². The van der Waals surface area contributed by atoms with E-state index in [0.29, 0.717) is 44.8 Å². The van der Waals surface area contributed by atoms with Crippen molar-refractivity contribution in [3.8, 4) is 0 Å². The van der Waals surface area contributed by atoms with Crippen molar-refractivity contribution in [2.24, 2.45) is 0 Å². The number of anilines is 1. The molecule has 1 spiro atoms. The molecule has 152 valence electrons. The Morgan fingerprint density at radius 3 is 2.39 bits per heavy atom. The zero-order valence-electron chi connectivity index (χ0n) is 16.3. The van der Waals surface area contributed by atoms with E-state index in [-0.39, 0.29) is 30.5 Å². The van der Waals surface area contributed by atoms with E-state index in [1.807, 2.05) is 0 Å². The molecular weight excluding hydrogens is 364 g/mol. The summed E-state index contributed by atoms with van der Waals surface area (Å²) in [6.45, 7) is 5.35. The molecule has 0 radical (unpaired) electrons. The first-order valence-electron chi connectivity index (χ1n) is 9.56. The SMILES string of the molecule is CCOC(=O)c1ccccc1N(CC(=O)N1CCC2(CC1)OCCO2)C(C)=O. The lowest BCUT2D eigenvalue weighted by atomic mass is 10.0. The molecule has 2 heterocycles. The van der Waals surface area contributed by atoms with Crippen LogP contribution in [-0.2, 0) is 23.8 Å². The van der Waals surface area contributed by atoms with Crippen molar-refractivity contribution in [2.45, 2.75) is 32.5 Å². The lowest BCUT2D eigenvalue weighted by Crippen LogP contribution is -2.50. The first-order chi connectivity index (χ1) is 13.5. The third-order valence-corrected chi connectivity index (χ3v) is 5.06. The van der Waals surface area contributed by atoms with E-state index in [0.717, 1.165) is 0 Å². The highest BCUT2D eigenvalue weighted by molar-refractivity contribution is 6.04. The second kappa shape index (κ2) is 8.70. The number of amides is 2. The monoisotopic (exact) mass is 390 g/mol. The predicted octanol–water partition coefficient (Wildman–Crippen LogP) is 1.58. The van der Waals surface area contributed by atoms with Crippen LogP contribution in [0.5, 0.6) is 0 Å².